The molecule has 2 saturated heterocycles. The Morgan fingerprint density at radius 2 is 1.64 bits per heavy atom. The van der Waals surface area contributed by atoms with E-state index in [1.165, 1.54) is 5.56 Å². The van der Waals surface area contributed by atoms with Crippen LogP contribution in [0.3, 0.4) is 0 Å². The van der Waals surface area contributed by atoms with E-state index in [1.54, 1.807) is 17.0 Å². The van der Waals surface area contributed by atoms with Crippen LogP contribution >= 0.6 is 11.6 Å². The van der Waals surface area contributed by atoms with Crippen molar-refractivity contribution in [3.05, 3.63) is 65.2 Å². The summed E-state index contributed by atoms with van der Waals surface area (Å²) >= 11 is 5.93. The minimum absolute atomic E-state index is 0.00314. The molecule has 0 spiro atoms. The van der Waals surface area contributed by atoms with Gasteiger partial charge in [0, 0.05) is 56.4 Å². The zero-order valence-electron chi connectivity index (χ0n) is 15.8. The van der Waals surface area contributed by atoms with Crippen LogP contribution in [0.4, 0.5) is 5.69 Å². The molecule has 1 unspecified atom stereocenters. The second kappa shape index (κ2) is 8.33. The summed E-state index contributed by atoms with van der Waals surface area (Å²) < 4.78 is 0. The van der Waals surface area contributed by atoms with Crippen molar-refractivity contribution in [2.24, 2.45) is 5.92 Å². The number of benzene rings is 2. The van der Waals surface area contributed by atoms with E-state index in [4.69, 9.17) is 11.6 Å². The van der Waals surface area contributed by atoms with E-state index in [0.29, 0.717) is 11.6 Å². The van der Waals surface area contributed by atoms with Crippen LogP contribution in [0.25, 0.3) is 0 Å². The molecule has 0 aliphatic carbocycles. The van der Waals surface area contributed by atoms with Crippen molar-refractivity contribution in [1.82, 2.24) is 9.80 Å². The number of hydrogen-bond donors (Lipinski definition) is 0. The Bertz CT molecular complexity index is 833. The molecule has 4 rings (SSSR count). The Hall–Kier alpha value is -2.37. The van der Waals surface area contributed by atoms with Gasteiger partial charge in [0.2, 0.25) is 11.8 Å². The number of carbonyl (C=O) groups is 2. The van der Waals surface area contributed by atoms with Crippen LogP contribution in [-0.2, 0) is 16.1 Å². The standard InChI is InChI=1S/C22H24ClN3O2/c23-19-6-8-20(9-7-19)26-16-18(14-21(26)27)22(28)25-12-10-24(11-13-25)15-17-4-2-1-3-5-17/h1-9,18H,10-16H2. The number of piperazine rings is 1. The average Bonchev–Trinajstić information content (AvgIpc) is 3.11. The summed E-state index contributed by atoms with van der Waals surface area (Å²) in [5, 5.41) is 0.636. The van der Waals surface area contributed by atoms with E-state index in [2.05, 4.69) is 29.2 Å². The number of nitrogens with zero attached hydrogens (tertiary/aromatic N) is 3. The summed E-state index contributed by atoms with van der Waals surface area (Å²) in [6, 6.07) is 17.6. The highest BCUT2D eigenvalue weighted by molar-refractivity contribution is 6.30. The molecule has 1 atom stereocenters. The predicted octanol–water partition coefficient (Wildman–Crippen LogP) is 3.04. The third-order valence-corrected chi connectivity index (χ3v) is 5.80. The van der Waals surface area contributed by atoms with Gasteiger partial charge in [0.05, 0.1) is 5.92 Å². The number of halogens is 1. The van der Waals surface area contributed by atoms with Crippen molar-refractivity contribution >= 4 is 29.1 Å². The molecule has 0 bridgehead atoms. The quantitative estimate of drug-likeness (QED) is 0.796. The molecule has 2 amide bonds. The third-order valence-electron chi connectivity index (χ3n) is 5.55. The topological polar surface area (TPSA) is 43.9 Å². The van der Waals surface area contributed by atoms with E-state index < -0.39 is 0 Å². The average molecular weight is 398 g/mol. The Labute approximate surface area is 170 Å². The maximum atomic E-state index is 12.9. The van der Waals surface area contributed by atoms with E-state index in [0.717, 1.165) is 38.4 Å². The summed E-state index contributed by atoms with van der Waals surface area (Å²) in [5.41, 5.74) is 2.10. The second-order valence-electron chi connectivity index (χ2n) is 7.47. The lowest BCUT2D eigenvalue weighted by Crippen LogP contribution is -2.50. The largest absolute Gasteiger partial charge is 0.340 e. The minimum Gasteiger partial charge on any atom is -0.340 e. The first-order chi connectivity index (χ1) is 13.6. The molecule has 2 aliphatic rings. The lowest BCUT2D eigenvalue weighted by atomic mass is 10.1. The van der Waals surface area contributed by atoms with Gasteiger partial charge in [-0.3, -0.25) is 14.5 Å². The van der Waals surface area contributed by atoms with Crippen LogP contribution in [0.15, 0.2) is 54.6 Å². The van der Waals surface area contributed by atoms with E-state index in [1.807, 2.05) is 23.1 Å². The Morgan fingerprint density at radius 1 is 0.964 bits per heavy atom. The first kappa shape index (κ1) is 19.0. The van der Waals surface area contributed by atoms with Gasteiger partial charge in [-0.25, -0.2) is 0 Å². The fraction of sp³-hybridized carbons (Fsp3) is 0.364. The minimum atomic E-state index is -0.260. The second-order valence-corrected chi connectivity index (χ2v) is 7.91. The lowest BCUT2D eigenvalue weighted by Gasteiger charge is -2.36. The molecule has 0 N–H and O–H groups in total. The van der Waals surface area contributed by atoms with Crippen molar-refractivity contribution in [1.29, 1.82) is 0 Å². The van der Waals surface area contributed by atoms with E-state index in [-0.39, 0.29) is 24.2 Å². The summed E-state index contributed by atoms with van der Waals surface area (Å²) in [7, 11) is 0. The smallest absolute Gasteiger partial charge is 0.228 e. The van der Waals surface area contributed by atoms with Gasteiger partial charge in [0.1, 0.15) is 0 Å². The normalized spacial score (nSPS) is 20.6. The third kappa shape index (κ3) is 4.21. The van der Waals surface area contributed by atoms with Crippen LogP contribution in [0.1, 0.15) is 12.0 Å². The van der Waals surface area contributed by atoms with Crippen molar-refractivity contribution in [3.63, 3.8) is 0 Å². The van der Waals surface area contributed by atoms with Gasteiger partial charge in [0.15, 0.2) is 0 Å². The number of anilines is 1. The van der Waals surface area contributed by atoms with Gasteiger partial charge in [-0.2, -0.15) is 0 Å². The van der Waals surface area contributed by atoms with Crippen molar-refractivity contribution < 1.29 is 9.59 Å². The fourth-order valence-electron chi connectivity index (χ4n) is 3.97. The zero-order valence-corrected chi connectivity index (χ0v) is 16.5. The SMILES string of the molecule is O=C(C1CC(=O)N(c2ccc(Cl)cc2)C1)N1CCN(Cc2ccccc2)CC1. The molecule has 5 nitrogen and oxygen atoms in total. The summed E-state index contributed by atoms with van der Waals surface area (Å²) in [5.74, 6) is -0.156. The molecule has 2 fully saturated rings. The van der Waals surface area contributed by atoms with Crippen LogP contribution in [0.5, 0.6) is 0 Å². The molecule has 146 valence electrons. The first-order valence-electron chi connectivity index (χ1n) is 9.71. The van der Waals surface area contributed by atoms with Gasteiger partial charge in [-0.15, -0.1) is 0 Å². The highest BCUT2D eigenvalue weighted by Crippen LogP contribution is 2.27. The predicted molar refractivity (Wildman–Crippen MR) is 110 cm³/mol. The summed E-state index contributed by atoms with van der Waals surface area (Å²) in [4.78, 5) is 31.4. The molecule has 2 aromatic rings. The summed E-state index contributed by atoms with van der Waals surface area (Å²) in [6.07, 6.45) is 0.283. The van der Waals surface area contributed by atoms with E-state index >= 15 is 0 Å². The molecular weight excluding hydrogens is 374 g/mol. The molecule has 2 aromatic carbocycles. The summed E-state index contributed by atoms with van der Waals surface area (Å²) in [6.45, 7) is 4.53. The highest BCUT2D eigenvalue weighted by atomic mass is 35.5. The molecule has 0 saturated carbocycles. The fourth-order valence-corrected chi connectivity index (χ4v) is 4.10. The van der Waals surface area contributed by atoms with Crippen LogP contribution < -0.4 is 4.90 Å². The van der Waals surface area contributed by atoms with Crippen molar-refractivity contribution in [2.45, 2.75) is 13.0 Å². The van der Waals surface area contributed by atoms with Crippen LogP contribution in [0, 0.1) is 5.92 Å². The van der Waals surface area contributed by atoms with Gasteiger partial charge in [0.25, 0.3) is 0 Å². The maximum Gasteiger partial charge on any atom is 0.228 e. The zero-order chi connectivity index (χ0) is 19.5. The monoisotopic (exact) mass is 397 g/mol. The lowest BCUT2D eigenvalue weighted by molar-refractivity contribution is -0.137. The molecule has 6 heteroatoms. The number of amides is 2. The van der Waals surface area contributed by atoms with Crippen molar-refractivity contribution in [3.8, 4) is 0 Å². The number of carbonyl (C=O) groups excluding carboxylic acids is 2. The number of hydrogen-bond acceptors (Lipinski definition) is 3. The van der Waals surface area contributed by atoms with Gasteiger partial charge in [-0.05, 0) is 29.8 Å². The molecule has 2 heterocycles. The molecular formula is C22H24ClN3O2. The van der Waals surface area contributed by atoms with Crippen LogP contribution in [0.2, 0.25) is 5.02 Å². The highest BCUT2D eigenvalue weighted by Gasteiger charge is 2.37. The molecule has 0 aromatic heterocycles. The Morgan fingerprint density at radius 3 is 2.32 bits per heavy atom. The van der Waals surface area contributed by atoms with Gasteiger partial charge < -0.3 is 9.80 Å². The molecule has 0 radical (unpaired) electrons. The first-order valence-corrected chi connectivity index (χ1v) is 10.1. The molecule has 2 aliphatic heterocycles. The Kier molecular flexibility index (Phi) is 5.64. The van der Waals surface area contributed by atoms with Gasteiger partial charge >= 0.3 is 0 Å². The van der Waals surface area contributed by atoms with Crippen molar-refractivity contribution in [2.75, 3.05) is 37.6 Å². The van der Waals surface area contributed by atoms with Gasteiger partial charge in [-0.1, -0.05) is 41.9 Å². The number of rotatable bonds is 4. The Balaban J connectivity index is 1.32. The molecule has 28 heavy (non-hydrogen) atoms. The van der Waals surface area contributed by atoms with E-state index in [9.17, 15) is 9.59 Å². The maximum absolute atomic E-state index is 12.9. The van der Waals surface area contributed by atoms with Crippen LogP contribution in [-0.4, -0.2) is 54.3 Å².